The maximum absolute atomic E-state index is 13.4. The molecule has 0 saturated carbocycles. The fourth-order valence-electron chi connectivity index (χ4n) is 5.02. The maximum atomic E-state index is 13.4. The Morgan fingerprint density at radius 2 is 2.00 bits per heavy atom. The Kier molecular flexibility index (Phi) is 8.21. The lowest BCUT2D eigenvalue weighted by Crippen LogP contribution is -2.55. The van der Waals surface area contributed by atoms with Gasteiger partial charge in [-0.05, 0) is 35.8 Å². The number of carbonyl (C=O) groups excluding carboxylic acids is 2. The van der Waals surface area contributed by atoms with Gasteiger partial charge in [0.2, 0.25) is 11.8 Å². The molecule has 0 bridgehead atoms. The number of nitrogens with zero attached hydrogens (tertiary/aromatic N) is 1. The van der Waals surface area contributed by atoms with Crippen molar-refractivity contribution in [3.63, 3.8) is 0 Å². The van der Waals surface area contributed by atoms with Crippen LogP contribution >= 0.6 is 0 Å². The average Bonchev–Trinajstić information content (AvgIpc) is 3.53. The van der Waals surface area contributed by atoms with Gasteiger partial charge in [0.25, 0.3) is 0 Å². The van der Waals surface area contributed by atoms with Gasteiger partial charge in [0.15, 0.2) is 11.5 Å². The number of aliphatic hydroxyl groups excluding tert-OH is 3. The van der Waals surface area contributed by atoms with Crippen molar-refractivity contribution in [2.75, 3.05) is 20.3 Å². The van der Waals surface area contributed by atoms with Gasteiger partial charge in [-0.1, -0.05) is 13.8 Å². The number of furan rings is 1. The first-order chi connectivity index (χ1) is 17.8. The van der Waals surface area contributed by atoms with Crippen LogP contribution in [0.25, 0.3) is 0 Å². The Morgan fingerprint density at radius 3 is 2.62 bits per heavy atom. The first-order valence-corrected chi connectivity index (χ1v) is 12.4. The van der Waals surface area contributed by atoms with Gasteiger partial charge in [-0.15, -0.1) is 0 Å². The minimum absolute atomic E-state index is 0.0412. The number of methoxy groups -OCH3 is 1. The van der Waals surface area contributed by atoms with E-state index in [-0.39, 0.29) is 44.5 Å². The summed E-state index contributed by atoms with van der Waals surface area (Å²) in [5, 5.41) is 33.4. The van der Waals surface area contributed by atoms with Gasteiger partial charge in [-0.2, -0.15) is 0 Å². The Morgan fingerprint density at radius 1 is 1.22 bits per heavy atom. The molecule has 0 radical (unpaired) electrons. The summed E-state index contributed by atoms with van der Waals surface area (Å²) in [4.78, 5) is 28.3. The van der Waals surface area contributed by atoms with Gasteiger partial charge in [-0.25, -0.2) is 0 Å². The third kappa shape index (κ3) is 5.36. The van der Waals surface area contributed by atoms with E-state index in [0.29, 0.717) is 28.2 Å². The van der Waals surface area contributed by atoms with Crippen molar-refractivity contribution in [2.24, 2.45) is 5.92 Å². The summed E-state index contributed by atoms with van der Waals surface area (Å²) >= 11 is 0. The fraction of sp³-hybridized carbons (Fsp3) is 0.481. The molecular formula is C27H34N2O8. The average molecular weight is 515 g/mol. The highest BCUT2D eigenvalue weighted by atomic mass is 16.5. The van der Waals surface area contributed by atoms with E-state index in [2.05, 4.69) is 5.32 Å². The van der Waals surface area contributed by atoms with Crippen molar-refractivity contribution in [3.05, 3.63) is 59.1 Å². The molecule has 0 saturated heterocycles. The minimum atomic E-state index is -1.17. The predicted molar refractivity (Wildman–Crippen MR) is 133 cm³/mol. The van der Waals surface area contributed by atoms with Crippen molar-refractivity contribution < 1.29 is 38.8 Å². The number of fused-ring (bicyclic) bond motifs is 3. The van der Waals surface area contributed by atoms with Gasteiger partial charge < -0.3 is 39.4 Å². The van der Waals surface area contributed by atoms with Crippen LogP contribution in [0.2, 0.25) is 0 Å². The van der Waals surface area contributed by atoms with E-state index in [1.54, 1.807) is 29.2 Å². The summed E-state index contributed by atoms with van der Waals surface area (Å²) in [7, 11) is 1.48. The number of hydrogen-bond acceptors (Lipinski definition) is 8. The Labute approximate surface area is 215 Å². The second-order valence-corrected chi connectivity index (χ2v) is 9.77. The molecular weight excluding hydrogens is 480 g/mol. The second kappa shape index (κ2) is 11.4. The second-order valence-electron chi connectivity index (χ2n) is 9.77. The molecule has 4 N–H and O–H groups in total. The molecule has 2 aliphatic rings. The van der Waals surface area contributed by atoms with Crippen LogP contribution in [0.1, 0.15) is 42.9 Å². The lowest BCUT2D eigenvalue weighted by atomic mass is 9.77. The molecule has 1 aromatic heterocycles. The van der Waals surface area contributed by atoms with Gasteiger partial charge in [0.05, 0.1) is 44.8 Å². The number of nitrogens with one attached hydrogen (secondary N) is 1. The fourth-order valence-corrected chi connectivity index (χ4v) is 5.02. The Hall–Kier alpha value is -3.34. The zero-order valence-electron chi connectivity index (χ0n) is 21.2. The van der Waals surface area contributed by atoms with E-state index < -0.39 is 30.1 Å². The number of carbonyl (C=O) groups is 2. The molecule has 0 fully saturated rings. The van der Waals surface area contributed by atoms with Crippen LogP contribution in [-0.2, 0) is 22.7 Å². The largest absolute Gasteiger partial charge is 0.493 e. The highest BCUT2D eigenvalue weighted by molar-refractivity contribution is 5.96. The molecule has 1 aliphatic heterocycles. The molecule has 200 valence electrons. The molecule has 2 aromatic rings. The van der Waals surface area contributed by atoms with E-state index in [4.69, 9.17) is 13.9 Å². The summed E-state index contributed by atoms with van der Waals surface area (Å²) in [5.74, 6) is -0.453. The summed E-state index contributed by atoms with van der Waals surface area (Å²) in [6, 6.07) is 4.26. The van der Waals surface area contributed by atoms with Crippen molar-refractivity contribution in [1.29, 1.82) is 0 Å². The number of ether oxygens (including phenoxy) is 2. The van der Waals surface area contributed by atoms with Crippen LogP contribution in [-0.4, -0.2) is 70.5 Å². The lowest BCUT2D eigenvalue weighted by Gasteiger charge is -2.40. The van der Waals surface area contributed by atoms with E-state index in [1.807, 2.05) is 13.8 Å². The molecule has 4 atom stereocenters. The van der Waals surface area contributed by atoms with Gasteiger partial charge in [-0.3, -0.25) is 9.59 Å². The molecule has 2 heterocycles. The van der Waals surface area contributed by atoms with Crippen LogP contribution in [0.4, 0.5) is 0 Å². The van der Waals surface area contributed by atoms with Crippen molar-refractivity contribution in [2.45, 2.75) is 57.6 Å². The quantitative estimate of drug-likeness (QED) is 0.374. The molecule has 4 unspecified atom stereocenters. The van der Waals surface area contributed by atoms with Crippen molar-refractivity contribution in [3.8, 4) is 11.5 Å². The van der Waals surface area contributed by atoms with E-state index >= 15 is 0 Å². The third-order valence-corrected chi connectivity index (χ3v) is 6.69. The SMILES string of the molecule is COc1cc(CO)cc2c1OC1C2C(C(=O)NCCO)=CC(N(Cc2ccoc2)C(=O)CC(C)C)C1O. The molecule has 1 aromatic carbocycles. The summed E-state index contributed by atoms with van der Waals surface area (Å²) in [6.07, 6.45) is 2.87. The van der Waals surface area contributed by atoms with Gasteiger partial charge in [0, 0.05) is 36.2 Å². The molecule has 37 heavy (non-hydrogen) atoms. The Bertz CT molecular complexity index is 1140. The van der Waals surface area contributed by atoms with Crippen LogP contribution < -0.4 is 14.8 Å². The number of hydrogen-bond donors (Lipinski definition) is 4. The standard InChI is InChI=1S/C27H34N2O8/c1-15(2)8-22(32)29(12-16-4-7-36-14-16)20-11-19(27(34)28-5-6-30)23-18-9-17(13-31)10-21(35-3)25(18)37-26(23)24(20)33/h4,7,9-11,14-15,20,23-24,26,30-31,33H,5-6,8,12-13H2,1-3H3,(H,28,34). The third-order valence-electron chi connectivity index (χ3n) is 6.69. The van der Waals surface area contributed by atoms with Crippen molar-refractivity contribution >= 4 is 11.8 Å². The molecule has 10 heteroatoms. The van der Waals surface area contributed by atoms with Crippen LogP contribution in [0.3, 0.4) is 0 Å². The number of benzene rings is 1. The molecule has 10 nitrogen and oxygen atoms in total. The summed E-state index contributed by atoms with van der Waals surface area (Å²) in [6.45, 7) is 3.60. The van der Waals surface area contributed by atoms with E-state index in [1.165, 1.54) is 19.6 Å². The summed E-state index contributed by atoms with van der Waals surface area (Å²) in [5.41, 5.74) is 2.22. The number of amides is 2. The van der Waals surface area contributed by atoms with Gasteiger partial charge in [0.1, 0.15) is 12.2 Å². The zero-order chi connectivity index (χ0) is 26.7. The topological polar surface area (TPSA) is 142 Å². The van der Waals surface area contributed by atoms with E-state index in [9.17, 15) is 24.9 Å². The Balaban J connectivity index is 1.81. The predicted octanol–water partition coefficient (Wildman–Crippen LogP) is 1.48. The molecule has 1 aliphatic carbocycles. The van der Waals surface area contributed by atoms with Crippen molar-refractivity contribution in [1.82, 2.24) is 10.2 Å². The number of rotatable bonds is 10. The maximum Gasteiger partial charge on any atom is 0.247 e. The molecule has 0 spiro atoms. The van der Waals surface area contributed by atoms with Gasteiger partial charge >= 0.3 is 0 Å². The summed E-state index contributed by atoms with van der Waals surface area (Å²) < 4.78 is 16.9. The monoisotopic (exact) mass is 514 g/mol. The van der Waals surface area contributed by atoms with E-state index in [0.717, 1.165) is 5.56 Å². The van der Waals surface area contributed by atoms with Crippen LogP contribution in [0.15, 0.2) is 46.8 Å². The van der Waals surface area contributed by atoms with Crippen LogP contribution in [0, 0.1) is 5.92 Å². The van der Waals surface area contributed by atoms with Crippen LogP contribution in [0.5, 0.6) is 11.5 Å². The zero-order valence-corrected chi connectivity index (χ0v) is 21.2. The number of aliphatic hydroxyl groups is 3. The highest BCUT2D eigenvalue weighted by Crippen LogP contribution is 2.51. The first kappa shape index (κ1) is 26.7. The minimum Gasteiger partial charge on any atom is -0.493 e. The molecule has 2 amide bonds. The first-order valence-electron chi connectivity index (χ1n) is 12.4. The lowest BCUT2D eigenvalue weighted by molar-refractivity contribution is -0.138. The highest BCUT2D eigenvalue weighted by Gasteiger charge is 2.51. The molecule has 4 rings (SSSR count). The normalized spacial score (nSPS) is 22.1. The smallest absolute Gasteiger partial charge is 0.247 e.